The number of aromatic nitrogens is 1. The standard InChI is InChI=1S/C22H23FN2O4/c1-13-10-16(14(2)25(13)18-9-7-6-8-17(18)23)22(26)24-15-11-19(27-3)21(29-5)20(12-15)28-4/h6-12H,1-5H3,(H,24,26). The third kappa shape index (κ3) is 3.76. The van der Waals surface area contributed by atoms with E-state index in [1.54, 1.807) is 47.9 Å². The maximum Gasteiger partial charge on any atom is 0.257 e. The van der Waals surface area contributed by atoms with Gasteiger partial charge in [0.15, 0.2) is 11.5 Å². The quantitative estimate of drug-likeness (QED) is 0.664. The molecule has 7 heteroatoms. The number of carbonyl (C=O) groups excluding carboxylic acids is 1. The van der Waals surface area contributed by atoms with Crippen LogP contribution in [0.1, 0.15) is 21.7 Å². The summed E-state index contributed by atoms with van der Waals surface area (Å²) in [6, 6.07) is 11.5. The largest absolute Gasteiger partial charge is 0.493 e. The molecule has 1 amide bonds. The van der Waals surface area contributed by atoms with Gasteiger partial charge in [0, 0.05) is 29.2 Å². The second-order valence-electron chi connectivity index (χ2n) is 6.44. The summed E-state index contributed by atoms with van der Waals surface area (Å²) in [5, 5.41) is 2.84. The predicted octanol–water partition coefficient (Wildman–Crippen LogP) is 4.51. The molecule has 0 aliphatic rings. The predicted molar refractivity (Wildman–Crippen MR) is 109 cm³/mol. The summed E-state index contributed by atoms with van der Waals surface area (Å²) in [6.45, 7) is 3.61. The van der Waals surface area contributed by atoms with Gasteiger partial charge in [0.05, 0.1) is 32.6 Å². The first-order valence-corrected chi connectivity index (χ1v) is 8.96. The van der Waals surface area contributed by atoms with E-state index in [9.17, 15) is 9.18 Å². The Morgan fingerprint density at radius 1 is 0.966 bits per heavy atom. The number of ether oxygens (including phenoxy) is 3. The van der Waals surface area contributed by atoms with E-state index in [4.69, 9.17) is 14.2 Å². The number of anilines is 1. The molecule has 0 saturated heterocycles. The summed E-state index contributed by atoms with van der Waals surface area (Å²) in [6.07, 6.45) is 0. The summed E-state index contributed by atoms with van der Waals surface area (Å²) < 4.78 is 31.9. The number of amides is 1. The number of hydrogen-bond acceptors (Lipinski definition) is 4. The van der Waals surface area contributed by atoms with Crippen LogP contribution < -0.4 is 19.5 Å². The molecule has 0 fully saturated rings. The zero-order valence-corrected chi connectivity index (χ0v) is 17.0. The number of aryl methyl sites for hydroxylation is 1. The van der Waals surface area contributed by atoms with Gasteiger partial charge in [0.25, 0.3) is 5.91 Å². The lowest BCUT2D eigenvalue weighted by atomic mass is 10.2. The highest BCUT2D eigenvalue weighted by molar-refractivity contribution is 6.05. The topological polar surface area (TPSA) is 61.7 Å². The minimum Gasteiger partial charge on any atom is -0.493 e. The maximum absolute atomic E-state index is 14.3. The molecule has 0 aliphatic carbocycles. The van der Waals surface area contributed by atoms with Crippen LogP contribution in [0.3, 0.4) is 0 Å². The molecule has 6 nitrogen and oxygen atoms in total. The molecule has 1 N–H and O–H groups in total. The number of hydrogen-bond donors (Lipinski definition) is 1. The van der Waals surface area contributed by atoms with Gasteiger partial charge in [-0.15, -0.1) is 0 Å². The van der Waals surface area contributed by atoms with Gasteiger partial charge < -0.3 is 24.1 Å². The van der Waals surface area contributed by atoms with Crippen molar-refractivity contribution in [1.82, 2.24) is 4.57 Å². The van der Waals surface area contributed by atoms with Crippen LogP contribution in [-0.4, -0.2) is 31.8 Å². The number of nitrogens with one attached hydrogen (secondary N) is 1. The van der Waals surface area contributed by atoms with E-state index >= 15 is 0 Å². The van der Waals surface area contributed by atoms with Crippen molar-refractivity contribution in [2.75, 3.05) is 26.6 Å². The zero-order chi connectivity index (χ0) is 21.1. The Kier molecular flexibility index (Phi) is 5.77. The van der Waals surface area contributed by atoms with Crippen molar-refractivity contribution in [3.63, 3.8) is 0 Å². The van der Waals surface area contributed by atoms with Crippen molar-refractivity contribution >= 4 is 11.6 Å². The third-order valence-corrected chi connectivity index (χ3v) is 4.69. The van der Waals surface area contributed by atoms with E-state index in [1.165, 1.54) is 27.4 Å². The van der Waals surface area contributed by atoms with Gasteiger partial charge in [-0.25, -0.2) is 4.39 Å². The smallest absolute Gasteiger partial charge is 0.257 e. The Hall–Kier alpha value is -3.48. The van der Waals surface area contributed by atoms with Crippen LogP contribution in [0.5, 0.6) is 17.2 Å². The fraction of sp³-hybridized carbons (Fsp3) is 0.227. The first kappa shape index (κ1) is 20.3. The average molecular weight is 398 g/mol. The summed E-state index contributed by atoms with van der Waals surface area (Å²) in [7, 11) is 4.52. The Bertz CT molecular complexity index is 1030. The van der Waals surface area contributed by atoms with Crippen molar-refractivity contribution in [2.45, 2.75) is 13.8 Å². The van der Waals surface area contributed by atoms with Gasteiger partial charge in [-0.2, -0.15) is 0 Å². The average Bonchev–Trinajstić information content (AvgIpc) is 3.01. The molecule has 1 heterocycles. The summed E-state index contributed by atoms with van der Waals surface area (Å²) >= 11 is 0. The van der Waals surface area contributed by atoms with Crippen LogP contribution in [0, 0.1) is 19.7 Å². The zero-order valence-electron chi connectivity index (χ0n) is 17.0. The Morgan fingerprint density at radius 3 is 2.14 bits per heavy atom. The second kappa shape index (κ2) is 8.26. The lowest BCUT2D eigenvalue weighted by molar-refractivity contribution is 0.102. The Morgan fingerprint density at radius 2 is 1.59 bits per heavy atom. The number of halogens is 1. The van der Waals surface area contributed by atoms with Crippen LogP contribution in [-0.2, 0) is 0 Å². The fourth-order valence-electron chi connectivity index (χ4n) is 3.35. The molecule has 0 saturated carbocycles. The van der Waals surface area contributed by atoms with Gasteiger partial charge in [-0.1, -0.05) is 12.1 Å². The van der Waals surface area contributed by atoms with E-state index in [1.807, 2.05) is 6.92 Å². The molecule has 2 aromatic carbocycles. The lowest BCUT2D eigenvalue weighted by Crippen LogP contribution is -2.13. The summed E-state index contributed by atoms with van der Waals surface area (Å²) in [5.74, 6) is 0.615. The summed E-state index contributed by atoms with van der Waals surface area (Å²) in [4.78, 5) is 12.9. The van der Waals surface area contributed by atoms with E-state index in [0.29, 0.717) is 39.9 Å². The van der Waals surface area contributed by atoms with Gasteiger partial charge in [0.1, 0.15) is 5.82 Å². The van der Waals surface area contributed by atoms with Crippen LogP contribution in [0.2, 0.25) is 0 Å². The first-order chi connectivity index (χ1) is 13.9. The molecular weight excluding hydrogens is 375 g/mol. The molecular formula is C22H23FN2O4. The molecule has 1 aromatic heterocycles. The minimum absolute atomic E-state index is 0.324. The molecule has 0 unspecified atom stereocenters. The minimum atomic E-state index is -0.356. The molecule has 0 atom stereocenters. The van der Waals surface area contributed by atoms with Crippen LogP contribution in [0.15, 0.2) is 42.5 Å². The van der Waals surface area contributed by atoms with Crippen molar-refractivity contribution < 1.29 is 23.4 Å². The number of nitrogens with zero attached hydrogens (tertiary/aromatic N) is 1. The van der Waals surface area contributed by atoms with Crippen molar-refractivity contribution in [3.8, 4) is 22.9 Å². The van der Waals surface area contributed by atoms with Crippen LogP contribution in [0.25, 0.3) is 5.69 Å². The molecule has 3 rings (SSSR count). The van der Waals surface area contributed by atoms with Crippen molar-refractivity contribution in [2.24, 2.45) is 0 Å². The molecule has 0 spiro atoms. The lowest BCUT2D eigenvalue weighted by Gasteiger charge is -2.15. The van der Waals surface area contributed by atoms with E-state index in [-0.39, 0.29) is 11.7 Å². The number of carbonyl (C=O) groups is 1. The fourth-order valence-corrected chi connectivity index (χ4v) is 3.35. The molecule has 3 aromatic rings. The number of para-hydroxylation sites is 1. The Labute approximate surface area is 168 Å². The highest BCUT2D eigenvalue weighted by Crippen LogP contribution is 2.40. The van der Waals surface area contributed by atoms with E-state index < -0.39 is 0 Å². The molecule has 0 bridgehead atoms. The summed E-state index contributed by atoms with van der Waals surface area (Å²) in [5.41, 5.74) is 2.72. The third-order valence-electron chi connectivity index (χ3n) is 4.69. The molecule has 0 radical (unpaired) electrons. The first-order valence-electron chi connectivity index (χ1n) is 8.96. The number of methoxy groups -OCH3 is 3. The number of benzene rings is 2. The van der Waals surface area contributed by atoms with Gasteiger partial charge in [0.2, 0.25) is 5.75 Å². The van der Waals surface area contributed by atoms with Gasteiger partial charge in [-0.05, 0) is 32.0 Å². The maximum atomic E-state index is 14.3. The van der Waals surface area contributed by atoms with Crippen molar-refractivity contribution in [1.29, 1.82) is 0 Å². The van der Waals surface area contributed by atoms with Gasteiger partial charge in [-0.3, -0.25) is 4.79 Å². The van der Waals surface area contributed by atoms with Crippen LogP contribution >= 0.6 is 0 Å². The normalized spacial score (nSPS) is 10.6. The number of rotatable bonds is 6. The monoisotopic (exact) mass is 398 g/mol. The SMILES string of the molecule is COc1cc(NC(=O)c2cc(C)n(-c3ccccc3F)c2C)cc(OC)c1OC. The molecule has 29 heavy (non-hydrogen) atoms. The van der Waals surface area contributed by atoms with Crippen LogP contribution in [0.4, 0.5) is 10.1 Å². The highest BCUT2D eigenvalue weighted by atomic mass is 19.1. The Balaban J connectivity index is 1.97. The molecule has 152 valence electrons. The highest BCUT2D eigenvalue weighted by Gasteiger charge is 2.20. The second-order valence-corrected chi connectivity index (χ2v) is 6.44. The van der Waals surface area contributed by atoms with E-state index in [0.717, 1.165) is 5.69 Å². The molecule has 0 aliphatic heterocycles. The van der Waals surface area contributed by atoms with E-state index in [2.05, 4.69) is 5.32 Å². The van der Waals surface area contributed by atoms with Crippen molar-refractivity contribution in [3.05, 3.63) is 65.2 Å². The van der Waals surface area contributed by atoms with Gasteiger partial charge >= 0.3 is 0 Å².